The summed E-state index contributed by atoms with van der Waals surface area (Å²) >= 11 is 0. The molecule has 0 N–H and O–H groups in total. The number of hydrogen-bond donors (Lipinski definition) is 0. The van der Waals surface area contributed by atoms with Gasteiger partial charge in [-0.25, -0.2) is 8.42 Å². The normalized spacial score (nSPS) is 29.1. The quantitative estimate of drug-likeness (QED) is 0.606. The van der Waals surface area contributed by atoms with Gasteiger partial charge in [-0.2, -0.15) is 0 Å². The van der Waals surface area contributed by atoms with Gasteiger partial charge < -0.3 is 0 Å². The third-order valence-corrected chi connectivity index (χ3v) is 4.83. The highest BCUT2D eigenvalue weighted by atomic mass is 32.2. The molecule has 0 amide bonds. The summed E-state index contributed by atoms with van der Waals surface area (Å²) in [4.78, 5) is 0.552. The van der Waals surface area contributed by atoms with Gasteiger partial charge in [0.1, 0.15) is 0 Å². The molecule has 11 heavy (non-hydrogen) atoms. The Morgan fingerprint density at radius 1 is 1.55 bits per heavy atom. The Labute approximate surface area is 68.2 Å². The molecular formula is C8H14O2S. The molecule has 0 spiro atoms. The van der Waals surface area contributed by atoms with Gasteiger partial charge in [0.25, 0.3) is 0 Å². The highest BCUT2D eigenvalue weighted by Crippen LogP contribution is 2.29. The van der Waals surface area contributed by atoms with Crippen LogP contribution in [-0.2, 0) is 9.84 Å². The fourth-order valence-corrected chi connectivity index (χ4v) is 3.27. The van der Waals surface area contributed by atoms with Crippen LogP contribution in [0.1, 0.15) is 27.2 Å². The van der Waals surface area contributed by atoms with E-state index in [1.807, 2.05) is 19.9 Å². The number of hydrogen-bond acceptors (Lipinski definition) is 2. The largest absolute Gasteiger partial charge is 0.224 e. The van der Waals surface area contributed by atoms with Crippen molar-refractivity contribution in [1.29, 1.82) is 0 Å². The molecule has 1 heterocycles. The van der Waals surface area contributed by atoms with Crippen molar-refractivity contribution in [1.82, 2.24) is 0 Å². The van der Waals surface area contributed by atoms with Crippen molar-refractivity contribution in [2.45, 2.75) is 32.4 Å². The van der Waals surface area contributed by atoms with Gasteiger partial charge >= 0.3 is 0 Å². The summed E-state index contributed by atoms with van der Waals surface area (Å²) in [6.45, 7) is 5.58. The molecule has 0 aromatic heterocycles. The van der Waals surface area contributed by atoms with Crippen molar-refractivity contribution in [2.24, 2.45) is 5.92 Å². The Balaban J connectivity index is 2.97. The molecule has 1 aliphatic rings. The van der Waals surface area contributed by atoms with Crippen molar-refractivity contribution in [3.8, 4) is 0 Å². The molecule has 2 nitrogen and oxygen atoms in total. The SMILES string of the molecule is CC1=CCC(C(C)C)S1(=O)=O. The van der Waals surface area contributed by atoms with Crippen LogP contribution in [0.3, 0.4) is 0 Å². The van der Waals surface area contributed by atoms with Crippen molar-refractivity contribution in [3.05, 3.63) is 11.0 Å². The van der Waals surface area contributed by atoms with Crippen molar-refractivity contribution in [3.63, 3.8) is 0 Å². The monoisotopic (exact) mass is 174 g/mol. The third kappa shape index (κ3) is 1.34. The van der Waals surface area contributed by atoms with E-state index in [9.17, 15) is 8.42 Å². The molecule has 3 heteroatoms. The number of allylic oxidation sites excluding steroid dienone is 2. The van der Waals surface area contributed by atoms with Crippen molar-refractivity contribution >= 4 is 9.84 Å². The number of sulfone groups is 1. The highest BCUT2D eigenvalue weighted by molar-refractivity contribution is 7.96. The summed E-state index contributed by atoms with van der Waals surface area (Å²) < 4.78 is 22.9. The minimum atomic E-state index is -2.90. The van der Waals surface area contributed by atoms with Crippen molar-refractivity contribution in [2.75, 3.05) is 0 Å². The lowest BCUT2D eigenvalue weighted by molar-refractivity contribution is 0.544. The Bertz CT molecular complexity index is 272. The van der Waals surface area contributed by atoms with E-state index in [-0.39, 0.29) is 11.2 Å². The summed E-state index contributed by atoms with van der Waals surface area (Å²) in [5.74, 6) is 0.230. The summed E-state index contributed by atoms with van der Waals surface area (Å²) in [7, 11) is -2.90. The second-order valence-electron chi connectivity index (χ2n) is 3.38. The second kappa shape index (κ2) is 2.63. The van der Waals surface area contributed by atoms with Crippen LogP contribution in [0.25, 0.3) is 0 Å². The van der Waals surface area contributed by atoms with Crippen LogP contribution in [0.4, 0.5) is 0 Å². The van der Waals surface area contributed by atoms with Crippen LogP contribution < -0.4 is 0 Å². The van der Waals surface area contributed by atoms with E-state index in [4.69, 9.17) is 0 Å². The molecule has 0 radical (unpaired) electrons. The number of rotatable bonds is 1. The smallest absolute Gasteiger partial charge is 0.177 e. The molecule has 64 valence electrons. The van der Waals surface area contributed by atoms with E-state index in [2.05, 4.69) is 0 Å². The zero-order chi connectivity index (χ0) is 8.65. The molecule has 0 aromatic carbocycles. The van der Waals surface area contributed by atoms with Gasteiger partial charge in [-0.15, -0.1) is 0 Å². The minimum Gasteiger partial charge on any atom is -0.224 e. The Kier molecular flexibility index (Phi) is 2.10. The predicted octanol–water partition coefficient (Wildman–Crippen LogP) is 1.73. The maximum Gasteiger partial charge on any atom is 0.177 e. The standard InChI is InChI=1S/C8H14O2S/c1-6(2)8-5-4-7(3)11(8,9)10/h4,6,8H,5H2,1-3H3. The van der Waals surface area contributed by atoms with Gasteiger partial charge in [0.15, 0.2) is 9.84 Å². The fraction of sp³-hybridized carbons (Fsp3) is 0.750. The Hall–Kier alpha value is -0.310. The zero-order valence-corrected chi connectivity index (χ0v) is 7.98. The predicted molar refractivity (Wildman–Crippen MR) is 45.9 cm³/mol. The van der Waals surface area contributed by atoms with Crippen LogP contribution in [-0.4, -0.2) is 13.7 Å². The van der Waals surface area contributed by atoms with Gasteiger partial charge in [0.2, 0.25) is 0 Å². The van der Waals surface area contributed by atoms with E-state index < -0.39 is 9.84 Å². The molecule has 1 rings (SSSR count). The average molecular weight is 174 g/mol. The Morgan fingerprint density at radius 2 is 2.09 bits per heavy atom. The van der Waals surface area contributed by atoms with Crippen LogP contribution in [0.15, 0.2) is 11.0 Å². The first-order chi connectivity index (χ1) is 4.96. The lowest BCUT2D eigenvalue weighted by atomic mass is 10.1. The minimum absolute atomic E-state index is 0.164. The molecule has 1 aliphatic heterocycles. The van der Waals surface area contributed by atoms with Gasteiger partial charge in [-0.1, -0.05) is 19.9 Å². The molecule has 0 saturated carbocycles. The molecule has 0 saturated heterocycles. The van der Waals surface area contributed by atoms with Crippen molar-refractivity contribution < 1.29 is 8.42 Å². The molecule has 1 unspecified atom stereocenters. The van der Waals surface area contributed by atoms with E-state index >= 15 is 0 Å². The molecule has 0 fully saturated rings. The molecule has 0 bridgehead atoms. The summed E-state index contributed by atoms with van der Waals surface area (Å²) in [5.41, 5.74) is 0. The lowest BCUT2D eigenvalue weighted by Gasteiger charge is -2.13. The van der Waals surface area contributed by atoms with E-state index in [0.29, 0.717) is 11.3 Å². The zero-order valence-electron chi connectivity index (χ0n) is 7.16. The van der Waals surface area contributed by atoms with Gasteiger partial charge in [-0.05, 0) is 19.3 Å². The van der Waals surface area contributed by atoms with E-state index in [1.54, 1.807) is 6.92 Å². The maximum atomic E-state index is 11.5. The molecule has 1 atom stereocenters. The summed E-state index contributed by atoms with van der Waals surface area (Å²) in [5, 5.41) is -0.164. The maximum absolute atomic E-state index is 11.5. The third-order valence-electron chi connectivity index (χ3n) is 2.23. The van der Waals surface area contributed by atoms with Gasteiger partial charge in [-0.3, -0.25) is 0 Å². The van der Waals surface area contributed by atoms with Crippen LogP contribution in [0.5, 0.6) is 0 Å². The highest BCUT2D eigenvalue weighted by Gasteiger charge is 2.33. The molecular weight excluding hydrogens is 160 g/mol. The lowest BCUT2D eigenvalue weighted by Crippen LogP contribution is -2.22. The van der Waals surface area contributed by atoms with Gasteiger partial charge in [0.05, 0.1) is 5.25 Å². The first-order valence-corrected chi connectivity index (χ1v) is 5.41. The summed E-state index contributed by atoms with van der Waals surface area (Å²) in [6.07, 6.45) is 2.52. The molecule has 0 aromatic rings. The Morgan fingerprint density at radius 3 is 2.27 bits per heavy atom. The first-order valence-electron chi connectivity index (χ1n) is 3.87. The van der Waals surface area contributed by atoms with E-state index in [1.165, 1.54) is 0 Å². The second-order valence-corrected chi connectivity index (χ2v) is 5.72. The first kappa shape index (κ1) is 8.78. The van der Waals surface area contributed by atoms with Crippen LogP contribution in [0.2, 0.25) is 0 Å². The van der Waals surface area contributed by atoms with E-state index in [0.717, 1.165) is 0 Å². The molecule has 0 aliphatic carbocycles. The van der Waals surface area contributed by atoms with Gasteiger partial charge in [0, 0.05) is 4.91 Å². The van der Waals surface area contributed by atoms with Crippen LogP contribution in [0, 0.1) is 5.92 Å². The fourth-order valence-electron chi connectivity index (χ4n) is 1.39. The summed E-state index contributed by atoms with van der Waals surface area (Å²) in [6, 6.07) is 0. The average Bonchev–Trinajstić information content (AvgIpc) is 2.08. The topological polar surface area (TPSA) is 34.1 Å². The van der Waals surface area contributed by atoms with Crippen LogP contribution >= 0.6 is 0 Å².